The molecule has 3 rings (SSSR count). The Morgan fingerprint density at radius 3 is 3.06 bits per heavy atom. The minimum absolute atomic E-state index is 0.716. The molecule has 0 atom stereocenters. The molecular formula is C12H14BrN3. The van der Waals surface area contributed by atoms with Crippen LogP contribution in [0.5, 0.6) is 0 Å². The van der Waals surface area contributed by atoms with E-state index in [0.29, 0.717) is 6.04 Å². The van der Waals surface area contributed by atoms with E-state index < -0.39 is 0 Å². The zero-order valence-corrected chi connectivity index (χ0v) is 10.6. The number of hydrogen-bond acceptors (Lipinski definition) is 2. The molecule has 1 saturated carbocycles. The molecule has 1 aliphatic carbocycles. The van der Waals surface area contributed by atoms with Crippen LogP contribution in [0.3, 0.4) is 0 Å². The summed E-state index contributed by atoms with van der Waals surface area (Å²) in [7, 11) is 0. The Hall–Kier alpha value is -0.870. The van der Waals surface area contributed by atoms with E-state index in [1.54, 1.807) is 0 Å². The third kappa shape index (κ3) is 1.76. The predicted octanol–water partition coefficient (Wildman–Crippen LogP) is 2.74. The molecule has 0 aliphatic heterocycles. The highest BCUT2D eigenvalue weighted by atomic mass is 79.9. The highest BCUT2D eigenvalue weighted by Gasteiger charge is 2.17. The summed E-state index contributed by atoms with van der Waals surface area (Å²) in [5.41, 5.74) is 2.22. The Morgan fingerprint density at radius 1 is 1.44 bits per heavy atom. The fraction of sp³-hybridized carbons (Fsp3) is 0.417. The van der Waals surface area contributed by atoms with Crippen LogP contribution in [0.15, 0.2) is 29.0 Å². The smallest absolute Gasteiger partial charge is 0.137 e. The second-order valence-corrected chi connectivity index (χ2v) is 5.11. The first-order valence-electron chi connectivity index (χ1n) is 5.69. The Bertz CT molecular complexity index is 502. The lowest BCUT2D eigenvalue weighted by Gasteiger charge is -2.26. The van der Waals surface area contributed by atoms with Crippen molar-refractivity contribution in [2.45, 2.75) is 31.8 Å². The van der Waals surface area contributed by atoms with Crippen LogP contribution in [-0.4, -0.2) is 15.4 Å². The Labute approximate surface area is 103 Å². The van der Waals surface area contributed by atoms with Crippen LogP contribution in [0.25, 0.3) is 5.65 Å². The van der Waals surface area contributed by atoms with Crippen molar-refractivity contribution in [2.75, 3.05) is 0 Å². The van der Waals surface area contributed by atoms with Gasteiger partial charge in [-0.25, -0.2) is 4.98 Å². The van der Waals surface area contributed by atoms with Crippen molar-refractivity contribution in [1.82, 2.24) is 14.7 Å². The minimum Gasteiger partial charge on any atom is -0.308 e. The lowest BCUT2D eigenvalue weighted by Crippen LogP contribution is -2.34. The van der Waals surface area contributed by atoms with E-state index in [-0.39, 0.29) is 0 Å². The summed E-state index contributed by atoms with van der Waals surface area (Å²) < 4.78 is 3.21. The van der Waals surface area contributed by atoms with Gasteiger partial charge in [-0.2, -0.15) is 0 Å². The van der Waals surface area contributed by atoms with E-state index in [1.165, 1.54) is 25.0 Å². The number of hydrogen-bond donors (Lipinski definition) is 1. The molecule has 2 aromatic rings. The number of pyridine rings is 1. The van der Waals surface area contributed by atoms with E-state index in [9.17, 15) is 0 Å². The third-order valence-corrected chi connectivity index (χ3v) is 3.85. The van der Waals surface area contributed by atoms with Crippen LogP contribution in [0.2, 0.25) is 0 Å². The van der Waals surface area contributed by atoms with Gasteiger partial charge in [0.25, 0.3) is 0 Å². The molecule has 0 radical (unpaired) electrons. The van der Waals surface area contributed by atoms with Crippen LogP contribution in [0.1, 0.15) is 25.0 Å². The van der Waals surface area contributed by atoms with Crippen LogP contribution in [0.4, 0.5) is 0 Å². The summed E-state index contributed by atoms with van der Waals surface area (Å²) >= 11 is 3.56. The molecule has 1 N–H and O–H groups in total. The topological polar surface area (TPSA) is 29.3 Å². The number of rotatable bonds is 3. The monoisotopic (exact) mass is 279 g/mol. The molecule has 1 aliphatic rings. The zero-order valence-electron chi connectivity index (χ0n) is 8.99. The van der Waals surface area contributed by atoms with Crippen molar-refractivity contribution in [3.63, 3.8) is 0 Å². The van der Waals surface area contributed by atoms with Crippen molar-refractivity contribution in [1.29, 1.82) is 0 Å². The van der Waals surface area contributed by atoms with E-state index in [1.807, 2.05) is 24.4 Å². The Balaban J connectivity index is 1.85. The van der Waals surface area contributed by atoms with Crippen LogP contribution in [-0.2, 0) is 6.54 Å². The van der Waals surface area contributed by atoms with Crippen LogP contribution < -0.4 is 5.32 Å². The first-order valence-corrected chi connectivity index (χ1v) is 6.48. The average molecular weight is 280 g/mol. The van der Waals surface area contributed by atoms with Gasteiger partial charge in [0, 0.05) is 12.6 Å². The molecule has 2 heterocycles. The van der Waals surface area contributed by atoms with Gasteiger partial charge in [0.1, 0.15) is 5.65 Å². The molecular weight excluding hydrogens is 266 g/mol. The van der Waals surface area contributed by atoms with Gasteiger partial charge >= 0.3 is 0 Å². The molecule has 0 unspecified atom stereocenters. The highest BCUT2D eigenvalue weighted by Crippen LogP contribution is 2.20. The maximum atomic E-state index is 4.39. The summed E-state index contributed by atoms with van der Waals surface area (Å²) in [5.74, 6) is 0. The quantitative estimate of drug-likeness (QED) is 0.876. The predicted molar refractivity (Wildman–Crippen MR) is 67.4 cm³/mol. The van der Waals surface area contributed by atoms with Gasteiger partial charge in [0.2, 0.25) is 0 Å². The Morgan fingerprint density at radius 2 is 2.31 bits per heavy atom. The van der Waals surface area contributed by atoms with E-state index in [4.69, 9.17) is 0 Å². The van der Waals surface area contributed by atoms with Crippen molar-refractivity contribution in [3.05, 3.63) is 34.7 Å². The summed E-state index contributed by atoms with van der Waals surface area (Å²) in [5, 5.41) is 3.56. The fourth-order valence-electron chi connectivity index (χ4n) is 2.04. The highest BCUT2D eigenvalue weighted by molar-refractivity contribution is 9.10. The fourth-order valence-corrected chi connectivity index (χ4v) is 2.60. The molecule has 3 nitrogen and oxygen atoms in total. The van der Waals surface area contributed by atoms with Crippen molar-refractivity contribution >= 4 is 21.6 Å². The summed E-state index contributed by atoms with van der Waals surface area (Å²) in [4.78, 5) is 4.39. The number of aromatic nitrogens is 2. The molecule has 16 heavy (non-hydrogen) atoms. The zero-order chi connectivity index (χ0) is 11.0. The van der Waals surface area contributed by atoms with Crippen LogP contribution in [0, 0.1) is 0 Å². The number of halogens is 1. The summed E-state index contributed by atoms with van der Waals surface area (Å²) in [6.07, 6.45) is 5.95. The third-order valence-electron chi connectivity index (χ3n) is 3.23. The van der Waals surface area contributed by atoms with Gasteiger partial charge in [-0.1, -0.05) is 12.5 Å². The van der Waals surface area contributed by atoms with Gasteiger partial charge in [0.05, 0.1) is 16.5 Å². The maximum Gasteiger partial charge on any atom is 0.137 e. The lowest BCUT2D eigenvalue weighted by molar-refractivity contribution is 0.336. The van der Waals surface area contributed by atoms with E-state index >= 15 is 0 Å². The van der Waals surface area contributed by atoms with Crippen molar-refractivity contribution in [2.24, 2.45) is 0 Å². The second kappa shape index (κ2) is 4.18. The summed E-state index contributed by atoms with van der Waals surface area (Å²) in [6.45, 7) is 0.897. The maximum absolute atomic E-state index is 4.39. The molecule has 2 aromatic heterocycles. The van der Waals surface area contributed by atoms with Gasteiger partial charge in [0.15, 0.2) is 0 Å². The second-order valence-electron chi connectivity index (χ2n) is 4.30. The van der Waals surface area contributed by atoms with Gasteiger partial charge in [-0.05, 0) is 40.9 Å². The lowest BCUT2D eigenvalue weighted by atomic mass is 9.93. The molecule has 4 heteroatoms. The van der Waals surface area contributed by atoms with Crippen LogP contribution >= 0.6 is 15.9 Å². The number of imidazole rings is 1. The minimum atomic E-state index is 0.716. The normalized spacial score (nSPS) is 16.6. The van der Waals surface area contributed by atoms with Gasteiger partial charge < -0.3 is 5.32 Å². The molecule has 0 bridgehead atoms. The molecule has 0 aromatic carbocycles. The van der Waals surface area contributed by atoms with Gasteiger partial charge in [-0.15, -0.1) is 0 Å². The van der Waals surface area contributed by atoms with Gasteiger partial charge in [-0.3, -0.25) is 4.40 Å². The molecule has 0 saturated heterocycles. The standard InChI is InChI=1S/C12H14BrN3/c13-11-5-2-6-12-15-8-10(16(11)12)7-14-9-3-1-4-9/h2,5-6,8-9,14H,1,3-4,7H2. The Kier molecular flexibility index (Phi) is 2.69. The summed E-state index contributed by atoms with van der Waals surface area (Å²) in [6, 6.07) is 6.79. The molecule has 0 spiro atoms. The van der Waals surface area contributed by atoms with E-state index in [0.717, 1.165) is 16.8 Å². The first-order chi connectivity index (χ1) is 7.84. The first kappa shape index (κ1) is 10.3. The number of fused-ring (bicyclic) bond motifs is 1. The molecule has 0 amide bonds. The molecule has 1 fully saturated rings. The number of nitrogens with one attached hydrogen (secondary N) is 1. The largest absolute Gasteiger partial charge is 0.308 e. The average Bonchev–Trinajstić information content (AvgIpc) is 2.61. The molecule has 84 valence electrons. The van der Waals surface area contributed by atoms with Crippen molar-refractivity contribution in [3.8, 4) is 0 Å². The van der Waals surface area contributed by atoms with Crippen molar-refractivity contribution < 1.29 is 0 Å². The number of nitrogens with zero attached hydrogens (tertiary/aromatic N) is 2. The SMILES string of the molecule is Brc1cccc2ncc(CNC3CCC3)n12. The van der Waals surface area contributed by atoms with E-state index in [2.05, 4.69) is 30.6 Å².